The molecule has 22 heavy (non-hydrogen) atoms. The summed E-state index contributed by atoms with van der Waals surface area (Å²) in [6.07, 6.45) is 6.73. The van der Waals surface area contributed by atoms with Crippen LogP contribution in [0.15, 0.2) is 35.2 Å². The number of rotatable bonds is 6. The number of allylic oxidation sites excluding steroid dienone is 2. The van der Waals surface area contributed by atoms with Gasteiger partial charge in [-0.25, -0.2) is 13.1 Å². The summed E-state index contributed by atoms with van der Waals surface area (Å²) in [5.41, 5.74) is 0. The van der Waals surface area contributed by atoms with Crippen LogP contribution in [0.1, 0.15) is 12.8 Å². The summed E-state index contributed by atoms with van der Waals surface area (Å²) in [6.45, 7) is 0.488. The quantitative estimate of drug-likeness (QED) is 0.815. The predicted molar refractivity (Wildman–Crippen MR) is 83.6 cm³/mol. The highest BCUT2D eigenvalue weighted by Gasteiger charge is 2.36. The van der Waals surface area contributed by atoms with Crippen molar-refractivity contribution in [1.82, 2.24) is 4.72 Å². The van der Waals surface area contributed by atoms with Crippen LogP contribution in [0.4, 0.5) is 0 Å². The SMILES string of the molecule is COc1ccc(S(=O)(=O)NC[C@@H]2C[C@H]3C=C[C@@H]2C3)cc1OC. The van der Waals surface area contributed by atoms with Gasteiger partial charge in [0.05, 0.1) is 19.1 Å². The average Bonchev–Trinajstić information content (AvgIpc) is 3.15. The molecule has 5 nitrogen and oxygen atoms in total. The first-order valence-electron chi connectivity index (χ1n) is 7.43. The number of ether oxygens (including phenoxy) is 2. The minimum Gasteiger partial charge on any atom is -0.493 e. The molecule has 0 heterocycles. The van der Waals surface area contributed by atoms with E-state index in [9.17, 15) is 8.42 Å². The lowest BCUT2D eigenvalue weighted by Crippen LogP contribution is -2.31. The van der Waals surface area contributed by atoms with Gasteiger partial charge in [-0.1, -0.05) is 12.2 Å². The number of nitrogens with one attached hydrogen (secondary N) is 1. The summed E-state index contributed by atoms with van der Waals surface area (Å²) in [6, 6.07) is 4.62. The molecule has 0 amide bonds. The normalized spacial score (nSPS) is 26.4. The van der Waals surface area contributed by atoms with Gasteiger partial charge in [-0.05, 0) is 42.7 Å². The Morgan fingerprint density at radius 2 is 1.91 bits per heavy atom. The van der Waals surface area contributed by atoms with E-state index in [1.165, 1.54) is 32.8 Å². The number of hydrogen-bond donors (Lipinski definition) is 1. The third-order valence-corrected chi connectivity index (χ3v) is 6.04. The standard InChI is InChI=1S/C16H21NO4S/c1-20-15-6-5-14(9-16(15)21-2)22(18,19)17-10-13-8-11-3-4-12(13)7-11/h3-6,9,11-13,17H,7-8,10H2,1-2H3/t11-,12+,13-/m0/s1. The molecule has 6 heteroatoms. The second kappa shape index (κ2) is 5.93. The highest BCUT2D eigenvalue weighted by molar-refractivity contribution is 7.89. The van der Waals surface area contributed by atoms with Gasteiger partial charge in [0, 0.05) is 12.6 Å². The number of hydrogen-bond acceptors (Lipinski definition) is 4. The lowest BCUT2D eigenvalue weighted by molar-refractivity contribution is 0.354. The van der Waals surface area contributed by atoms with Gasteiger partial charge in [-0.2, -0.15) is 0 Å². The minimum absolute atomic E-state index is 0.198. The number of benzene rings is 1. The van der Waals surface area contributed by atoms with Crippen molar-refractivity contribution in [2.45, 2.75) is 17.7 Å². The Labute approximate surface area is 131 Å². The van der Waals surface area contributed by atoms with Gasteiger partial charge < -0.3 is 9.47 Å². The van der Waals surface area contributed by atoms with Crippen molar-refractivity contribution < 1.29 is 17.9 Å². The van der Waals surface area contributed by atoms with Gasteiger partial charge in [0.25, 0.3) is 0 Å². The molecule has 2 bridgehead atoms. The van der Waals surface area contributed by atoms with Crippen LogP contribution in [0.2, 0.25) is 0 Å². The van der Waals surface area contributed by atoms with Crippen molar-refractivity contribution in [2.24, 2.45) is 17.8 Å². The van der Waals surface area contributed by atoms with E-state index in [-0.39, 0.29) is 4.90 Å². The summed E-state index contributed by atoms with van der Waals surface area (Å²) in [5.74, 6) is 2.50. The molecule has 0 unspecified atom stereocenters. The van der Waals surface area contributed by atoms with Crippen molar-refractivity contribution in [3.05, 3.63) is 30.4 Å². The molecule has 1 aromatic rings. The number of fused-ring (bicyclic) bond motifs is 2. The molecule has 0 aliphatic heterocycles. The predicted octanol–water partition coefficient (Wildman–Crippen LogP) is 2.19. The van der Waals surface area contributed by atoms with Crippen LogP contribution in [0, 0.1) is 17.8 Å². The summed E-state index contributed by atoms with van der Waals surface area (Å²) in [7, 11) is -0.522. The Hall–Kier alpha value is -1.53. The lowest BCUT2D eigenvalue weighted by atomic mass is 9.94. The zero-order valence-corrected chi connectivity index (χ0v) is 13.6. The Morgan fingerprint density at radius 3 is 2.50 bits per heavy atom. The fraction of sp³-hybridized carbons (Fsp3) is 0.500. The molecule has 2 aliphatic carbocycles. The highest BCUT2D eigenvalue weighted by atomic mass is 32.2. The van der Waals surface area contributed by atoms with Gasteiger partial charge in [-0.3, -0.25) is 0 Å². The fourth-order valence-corrected chi connectivity index (χ4v) is 4.52. The second-order valence-corrected chi connectivity index (χ2v) is 7.68. The maximum atomic E-state index is 12.4. The molecule has 2 aliphatic rings. The van der Waals surface area contributed by atoms with E-state index < -0.39 is 10.0 Å². The molecular formula is C16H21NO4S. The second-order valence-electron chi connectivity index (χ2n) is 5.91. The van der Waals surface area contributed by atoms with E-state index in [1.54, 1.807) is 6.07 Å². The van der Waals surface area contributed by atoms with Crippen LogP contribution in [0.25, 0.3) is 0 Å². The number of sulfonamides is 1. The molecule has 0 spiro atoms. The first-order valence-corrected chi connectivity index (χ1v) is 8.92. The Bertz CT molecular complexity index is 683. The van der Waals surface area contributed by atoms with Gasteiger partial charge >= 0.3 is 0 Å². The van der Waals surface area contributed by atoms with E-state index in [4.69, 9.17) is 9.47 Å². The van der Waals surface area contributed by atoms with E-state index in [0.29, 0.717) is 35.8 Å². The van der Waals surface area contributed by atoms with Crippen molar-refractivity contribution >= 4 is 10.0 Å². The zero-order chi connectivity index (χ0) is 15.7. The smallest absolute Gasteiger partial charge is 0.240 e. The first kappa shape index (κ1) is 15.4. The third kappa shape index (κ3) is 2.85. The maximum Gasteiger partial charge on any atom is 0.240 e. The molecule has 1 saturated carbocycles. The van der Waals surface area contributed by atoms with Crippen LogP contribution >= 0.6 is 0 Å². The average molecular weight is 323 g/mol. The summed E-state index contributed by atoms with van der Waals surface area (Å²) in [4.78, 5) is 0.198. The molecule has 3 atom stereocenters. The molecule has 0 saturated heterocycles. The van der Waals surface area contributed by atoms with E-state index >= 15 is 0 Å². The topological polar surface area (TPSA) is 64.6 Å². The summed E-state index contributed by atoms with van der Waals surface area (Å²) in [5, 5.41) is 0. The summed E-state index contributed by atoms with van der Waals surface area (Å²) < 4.78 is 37.9. The van der Waals surface area contributed by atoms with Gasteiger partial charge in [-0.15, -0.1) is 0 Å². The summed E-state index contributed by atoms with van der Waals surface area (Å²) >= 11 is 0. The molecule has 1 N–H and O–H groups in total. The lowest BCUT2D eigenvalue weighted by Gasteiger charge is -2.18. The van der Waals surface area contributed by atoms with E-state index in [1.807, 2.05) is 0 Å². The number of methoxy groups -OCH3 is 2. The van der Waals surface area contributed by atoms with Crippen LogP contribution in [-0.4, -0.2) is 29.2 Å². The molecule has 0 radical (unpaired) electrons. The Kier molecular flexibility index (Phi) is 4.14. The van der Waals surface area contributed by atoms with Crippen molar-refractivity contribution in [3.63, 3.8) is 0 Å². The van der Waals surface area contributed by atoms with Crippen molar-refractivity contribution in [2.75, 3.05) is 20.8 Å². The van der Waals surface area contributed by atoms with Crippen molar-refractivity contribution in [1.29, 1.82) is 0 Å². The van der Waals surface area contributed by atoms with E-state index in [0.717, 1.165) is 6.42 Å². The van der Waals surface area contributed by atoms with Crippen LogP contribution in [0.5, 0.6) is 11.5 Å². The monoisotopic (exact) mass is 323 g/mol. The van der Waals surface area contributed by atoms with Crippen LogP contribution in [0.3, 0.4) is 0 Å². The highest BCUT2D eigenvalue weighted by Crippen LogP contribution is 2.43. The van der Waals surface area contributed by atoms with Gasteiger partial charge in [0.15, 0.2) is 11.5 Å². The van der Waals surface area contributed by atoms with Crippen LogP contribution < -0.4 is 14.2 Å². The Balaban J connectivity index is 1.71. The third-order valence-electron chi connectivity index (χ3n) is 4.62. The molecule has 1 aromatic carbocycles. The Morgan fingerprint density at radius 1 is 1.14 bits per heavy atom. The van der Waals surface area contributed by atoms with E-state index in [2.05, 4.69) is 16.9 Å². The van der Waals surface area contributed by atoms with Gasteiger partial charge in [0.2, 0.25) is 10.0 Å². The molecule has 3 rings (SSSR count). The van der Waals surface area contributed by atoms with Crippen LogP contribution in [-0.2, 0) is 10.0 Å². The van der Waals surface area contributed by atoms with Crippen molar-refractivity contribution in [3.8, 4) is 11.5 Å². The minimum atomic E-state index is -3.53. The molecule has 0 aromatic heterocycles. The molecule has 120 valence electrons. The first-order chi connectivity index (χ1) is 10.5. The molecular weight excluding hydrogens is 302 g/mol. The largest absolute Gasteiger partial charge is 0.493 e. The maximum absolute atomic E-state index is 12.4. The van der Waals surface area contributed by atoms with Gasteiger partial charge in [0.1, 0.15) is 0 Å². The zero-order valence-electron chi connectivity index (χ0n) is 12.8. The fourth-order valence-electron chi connectivity index (χ4n) is 3.41. The molecule has 1 fully saturated rings.